The summed E-state index contributed by atoms with van der Waals surface area (Å²) >= 11 is 6.02. The molecule has 0 bridgehead atoms. The summed E-state index contributed by atoms with van der Waals surface area (Å²) in [5.74, 6) is -2.48. The molecule has 0 radical (unpaired) electrons. The summed E-state index contributed by atoms with van der Waals surface area (Å²) in [5.41, 5.74) is -2.11. The van der Waals surface area contributed by atoms with Crippen molar-refractivity contribution in [2.75, 3.05) is 25.7 Å². The van der Waals surface area contributed by atoms with Gasteiger partial charge < -0.3 is 14.2 Å². The van der Waals surface area contributed by atoms with Gasteiger partial charge in [0.2, 0.25) is 6.41 Å². The van der Waals surface area contributed by atoms with E-state index in [-0.39, 0.29) is 38.6 Å². The Morgan fingerprint density at radius 2 is 1.91 bits per heavy atom. The molecule has 188 valence electrons. The minimum atomic E-state index is -4.92. The average Bonchev–Trinajstić information content (AvgIpc) is 2.80. The second kappa shape index (κ2) is 11.5. The van der Waals surface area contributed by atoms with E-state index in [1.165, 1.54) is 18.3 Å². The normalized spacial score (nSPS) is 11.5. The fraction of sp³-hybridized carbons (Fsp3) is 0.238. The lowest BCUT2D eigenvalue weighted by atomic mass is 10.2. The Kier molecular flexibility index (Phi) is 9.00. The monoisotopic (exact) mass is 519 g/mol. The van der Waals surface area contributed by atoms with Crippen LogP contribution >= 0.6 is 11.6 Å². The highest BCUT2D eigenvalue weighted by Crippen LogP contribution is 2.38. The average molecular weight is 520 g/mol. The van der Waals surface area contributed by atoms with E-state index in [9.17, 15) is 31.9 Å². The number of ether oxygens (including phenoxy) is 3. The zero-order valence-electron chi connectivity index (χ0n) is 18.4. The Labute approximate surface area is 201 Å². The van der Waals surface area contributed by atoms with E-state index in [1.807, 2.05) is 0 Å². The SMILES string of the molecule is C/C=C(\N(C)C(=O)N(C=O)c1cc(Oc2cccnc2OCC(=O)OC)c(Cl)cc1F)C(F)(F)F. The number of imide groups is 1. The lowest BCUT2D eigenvalue weighted by molar-refractivity contribution is -0.143. The molecule has 0 spiro atoms. The fourth-order valence-corrected chi connectivity index (χ4v) is 2.85. The van der Waals surface area contributed by atoms with Gasteiger partial charge in [0, 0.05) is 19.3 Å². The van der Waals surface area contributed by atoms with Crippen molar-refractivity contribution in [3.8, 4) is 17.4 Å². The number of allylic oxidation sites excluding steroid dienone is 2. The van der Waals surface area contributed by atoms with E-state index < -0.39 is 42.0 Å². The molecule has 0 atom stereocenters. The van der Waals surface area contributed by atoms with Gasteiger partial charge in [0.25, 0.3) is 5.88 Å². The summed E-state index contributed by atoms with van der Waals surface area (Å²) in [6.07, 6.45) is -3.14. The van der Waals surface area contributed by atoms with Gasteiger partial charge >= 0.3 is 18.2 Å². The third kappa shape index (κ3) is 6.59. The Bertz CT molecular complexity index is 1140. The highest BCUT2D eigenvalue weighted by atomic mass is 35.5. The van der Waals surface area contributed by atoms with Gasteiger partial charge in [-0.25, -0.2) is 23.9 Å². The fourth-order valence-electron chi connectivity index (χ4n) is 2.67. The van der Waals surface area contributed by atoms with Crippen LogP contribution in [-0.4, -0.2) is 55.2 Å². The number of aromatic nitrogens is 1. The third-order valence-electron chi connectivity index (χ3n) is 4.30. The molecule has 2 aromatic rings. The van der Waals surface area contributed by atoms with Gasteiger partial charge in [-0.2, -0.15) is 13.2 Å². The van der Waals surface area contributed by atoms with Gasteiger partial charge in [-0.05, 0) is 25.1 Å². The van der Waals surface area contributed by atoms with Crippen molar-refractivity contribution in [3.63, 3.8) is 0 Å². The highest BCUT2D eigenvalue weighted by Gasteiger charge is 2.39. The van der Waals surface area contributed by atoms with Crippen molar-refractivity contribution >= 4 is 35.7 Å². The van der Waals surface area contributed by atoms with Crippen LogP contribution in [0.4, 0.5) is 28.0 Å². The number of alkyl halides is 3. The Balaban J connectivity index is 2.43. The summed E-state index contributed by atoms with van der Waals surface area (Å²) in [6.45, 7) is 0.527. The maximum Gasteiger partial charge on any atom is 0.431 e. The van der Waals surface area contributed by atoms with E-state index in [1.54, 1.807) is 0 Å². The first-order valence-electron chi connectivity index (χ1n) is 9.51. The van der Waals surface area contributed by atoms with Crippen LogP contribution in [0.5, 0.6) is 17.4 Å². The van der Waals surface area contributed by atoms with Crippen molar-refractivity contribution < 1.29 is 46.2 Å². The zero-order chi connectivity index (χ0) is 26.3. The third-order valence-corrected chi connectivity index (χ3v) is 4.59. The number of urea groups is 1. The summed E-state index contributed by atoms with van der Waals surface area (Å²) in [4.78, 5) is 39.7. The number of carbonyl (C=O) groups is 3. The maximum atomic E-state index is 14.6. The molecule has 0 unspecified atom stereocenters. The lowest BCUT2D eigenvalue weighted by Crippen LogP contribution is -2.43. The van der Waals surface area contributed by atoms with Gasteiger partial charge in [0.15, 0.2) is 12.4 Å². The largest absolute Gasteiger partial charge is 0.466 e. The van der Waals surface area contributed by atoms with Gasteiger partial charge in [-0.1, -0.05) is 17.7 Å². The van der Waals surface area contributed by atoms with Crippen LogP contribution in [-0.2, 0) is 14.3 Å². The molecule has 1 aromatic carbocycles. The van der Waals surface area contributed by atoms with Gasteiger partial charge in [-0.3, -0.25) is 9.69 Å². The van der Waals surface area contributed by atoms with Crippen molar-refractivity contribution in [2.24, 2.45) is 0 Å². The van der Waals surface area contributed by atoms with Gasteiger partial charge in [-0.15, -0.1) is 0 Å². The molecular weight excluding hydrogens is 502 g/mol. The van der Waals surface area contributed by atoms with Crippen LogP contribution in [0, 0.1) is 5.82 Å². The number of pyridine rings is 1. The number of amides is 3. The highest BCUT2D eigenvalue weighted by molar-refractivity contribution is 6.32. The number of benzene rings is 1. The first-order chi connectivity index (χ1) is 16.4. The number of carbonyl (C=O) groups excluding carboxylic acids is 3. The number of methoxy groups -OCH3 is 1. The van der Waals surface area contributed by atoms with E-state index in [0.717, 1.165) is 27.1 Å². The van der Waals surface area contributed by atoms with Crippen molar-refractivity contribution in [2.45, 2.75) is 13.1 Å². The molecule has 0 aliphatic carbocycles. The molecule has 0 saturated carbocycles. The topological polar surface area (TPSA) is 98.3 Å². The number of esters is 1. The molecule has 0 aliphatic heterocycles. The maximum absolute atomic E-state index is 14.6. The molecule has 35 heavy (non-hydrogen) atoms. The minimum Gasteiger partial charge on any atom is -0.466 e. The van der Waals surface area contributed by atoms with Crippen LogP contribution in [0.25, 0.3) is 0 Å². The Morgan fingerprint density at radius 1 is 1.23 bits per heavy atom. The van der Waals surface area contributed by atoms with Gasteiger partial charge in [0.1, 0.15) is 17.3 Å². The number of anilines is 1. The molecule has 9 nitrogen and oxygen atoms in total. The number of hydrogen-bond acceptors (Lipinski definition) is 7. The number of rotatable bonds is 8. The number of hydrogen-bond donors (Lipinski definition) is 0. The lowest BCUT2D eigenvalue weighted by Gasteiger charge is -2.27. The van der Waals surface area contributed by atoms with Crippen LogP contribution in [0.1, 0.15) is 6.92 Å². The van der Waals surface area contributed by atoms with E-state index in [4.69, 9.17) is 21.1 Å². The van der Waals surface area contributed by atoms with Crippen LogP contribution in [0.2, 0.25) is 5.02 Å². The van der Waals surface area contributed by atoms with Crippen molar-refractivity contribution in [3.05, 3.63) is 53.1 Å². The van der Waals surface area contributed by atoms with E-state index in [0.29, 0.717) is 12.1 Å². The molecule has 0 N–H and O–H groups in total. The predicted molar refractivity (Wildman–Crippen MR) is 115 cm³/mol. The van der Waals surface area contributed by atoms with Crippen molar-refractivity contribution in [1.29, 1.82) is 0 Å². The first kappa shape index (κ1) is 27.4. The molecular formula is C21H18ClF4N3O6. The second-order valence-electron chi connectivity index (χ2n) is 6.50. The zero-order valence-corrected chi connectivity index (χ0v) is 19.2. The van der Waals surface area contributed by atoms with Crippen molar-refractivity contribution in [1.82, 2.24) is 9.88 Å². The smallest absolute Gasteiger partial charge is 0.431 e. The molecule has 1 heterocycles. The summed E-state index contributed by atoms with van der Waals surface area (Å²) < 4.78 is 69.4. The Hall–Kier alpha value is -3.87. The van der Waals surface area contributed by atoms with E-state index in [2.05, 4.69) is 9.72 Å². The standard InChI is InChI=1S/C21H18ClF4N3O6/c1-4-17(21(24,25)26)28(2)20(32)29(11-30)14-9-16(12(22)8-13(14)23)35-15-6-5-7-27-19(15)34-10-18(31)33-3/h4-9,11H,10H2,1-3H3/b17-4-. The molecule has 0 saturated heterocycles. The molecule has 2 rings (SSSR count). The van der Waals surface area contributed by atoms with Crippen LogP contribution in [0.3, 0.4) is 0 Å². The minimum absolute atomic E-state index is 0.0924. The van der Waals surface area contributed by atoms with E-state index >= 15 is 0 Å². The summed E-state index contributed by atoms with van der Waals surface area (Å²) in [5, 5.41) is -0.315. The Morgan fingerprint density at radius 3 is 2.49 bits per heavy atom. The number of halogens is 5. The quantitative estimate of drug-likeness (QED) is 0.283. The van der Waals surface area contributed by atoms with Crippen LogP contribution < -0.4 is 14.4 Å². The molecule has 1 aromatic heterocycles. The second-order valence-corrected chi connectivity index (χ2v) is 6.90. The molecule has 3 amide bonds. The van der Waals surface area contributed by atoms with Crippen LogP contribution in [0.15, 0.2) is 42.2 Å². The number of nitrogens with zero attached hydrogens (tertiary/aromatic N) is 3. The summed E-state index contributed by atoms with van der Waals surface area (Å²) in [6, 6.07) is 2.82. The molecule has 14 heteroatoms. The summed E-state index contributed by atoms with van der Waals surface area (Å²) in [7, 11) is 1.92. The first-order valence-corrected chi connectivity index (χ1v) is 9.89. The predicted octanol–water partition coefficient (Wildman–Crippen LogP) is 4.70. The molecule has 0 aliphatic rings. The van der Waals surface area contributed by atoms with Gasteiger partial charge in [0.05, 0.1) is 17.8 Å². The molecule has 0 fully saturated rings.